The molecule has 1 atom stereocenters. The molecule has 2 heteroatoms. The Kier molecular flexibility index (Phi) is 4.56. The van der Waals surface area contributed by atoms with Crippen molar-refractivity contribution in [1.82, 2.24) is 0 Å². The number of nitrogens with two attached hydrogens (primary N) is 1. The molecule has 0 bridgehead atoms. The summed E-state index contributed by atoms with van der Waals surface area (Å²) in [5.74, 6) is 0.0406. The molecule has 0 fully saturated rings. The normalized spacial score (nSPS) is 12.4. The largest absolute Gasteiger partial charge is 0.330 e. The number of halogens is 1. The highest BCUT2D eigenvalue weighted by atomic mass is 19.1. The van der Waals surface area contributed by atoms with Crippen LogP contribution in [0.2, 0.25) is 0 Å². The first kappa shape index (κ1) is 14.7. The standard InChI is InChI=1S/C18H22FN/c1-12-10-13(2)18(14(3)11-12)17(8-9-20)15-4-6-16(19)7-5-15/h4-7,10-11,17H,8-9,20H2,1-3H3. The SMILES string of the molecule is Cc1cc(C)c(C(CCN)c2ccc(F)cc2)c(C)c1. The average molecular weight is 271 g/mol. The Hall–Kier alpha value is -1.67. The molecular formula is C18H22FN. The molecule has 0 saturated carbocycles. The van der Waals surface area contributed by atoms with Crippen LogP contribution in [0.3, 0.4) is 0 Å². The molecule has 106 valence electrons. The van der Waals surface area contributed by atoms with Crippen molar-refractivity contribution >= 4 is 0 Å². The zero-order valence-corrected chi connectivity index (χ0v) is 12.4. The van der Waals surface area contributed by atoms with E-state index in [1.807, 2.05) is 12.1 Å². The van der Waals surface area contributed by atoms with Gasteiger partial charge in [0.05, 0.1) is 0 Å². The van der Waals surface area contributed by atoms with Crippen molar-refractivity contribution in [2.24, 2.45) is 5.73 Å². The number of rotatable bonds is 4. The maximum atomic E-state index is 13.1. The zero-order chi connectivity index (χ0) is 14.7. The fraction of sp³-hybridized carbons (Fsp3) is 0.333. The van der Waals surface area contributed by atoms with Gasteiger partial charge in [0, 0.05) is 5.92 Å². The molecule has 0 amide bonds. The molecule has 0 aliphatic carbocycles. The van der Waals surface area contributed by atoms with Gasteiger partial charge < -0.3 is 5.73 Å². The second-order valence-electron chi connectivity index (χ2n) is 5.49. The van der Waals surface area contributed by atoms with Gasteiger partial charge in [-0.2, -0.15) is 0 Å². The predicted molar refractivity (Wildman–Crippen MR) is 82.6 cm³/mol. The molecule has 0 heterocycles. The van der Waals surface area contributed by atoms with Gasteiger partial charge in [-0.15, -0.1) is 0 Å². The van der Waals surface area contributed by atoms with E-state index in [9.17, 15) is 4.39 Å². The topological polar surface area (TPSA) is 26.0 Å². The van der Waals surface area contributed by atoms with E-state index in [0.717, 1.165) is 12.0 Å². The Morgan fingerprint density at radius 3 is 2.05 bits per heavy atom. The van der Waals surface area contributed by atoms with Gasteiger partial charge in [-0.3, -0.25) is 0 Å². The van der Waals surface area contributed by atoms with E-state index >= 15 is 0 Å². The molecule has 0 radical (unpaired) electrons. The van der Waals surface area contributed by atoms with Gasteiger partial charge in [0.2, 0.25) is 0 Å². The smallest absolute Gasteiger partial charge is 0.123 e. The summed E-state index contributed by atoms with van der Waals surface area (Å²) in [6.45, 7) is 7.01. The number of hydrogen-bond acceptors (Lipinski definition) is 1. The maximum Gasteiger partial charge on any atom is 0.123 e. The van der Waals surface area contributed by atoms with Gasteiger partial charge in [0.1, 0.15) is 5.82 Å². The highest BCUT2D eigenvalue weighted by molar-refractivity contribution is 5.44. The van der Waals surface area contributed by atoms with Crippen LogP contribution in [0.4, 0.5) is 4.39 Å². The highest BCUT2D eigenvalue weighted by Gasteiger charge is 2.18. The summed E-state index contributed by atoms with van der Waals surface area (Å²) in [6, 6.07) is 11.2. The van der Waals surface area contributed by atoms with Crippen LogP contribution in [0.5, 0.6) is 0 Å². The van der Waals surface area contributed by atoms with E-state index < -0.39 is 0 Å². The minimum Gasteiger partial charge on any atom is -0.330 e. The van der Waals surface area contributed by atoms with Gasteiger partial charge in [-0.1, -0.05) is 29.8 Å². The van der Waals surface area contributed by atoms with Crippen LogP contribution in [-0.2, 0) is 0 Å². The first-order valence-corrected chi connectivity index (χ1v) is 7.06. The van der Waals surface area contributed by atoms with E-state index in [4.69, 9.17) is 5.73 Å². The maximum absolute atomic E-state index is 13.1. The van der Waals surface area contributed by atoms with Gasteiger partial charge in [0.25, 0.3) is 0 Å². The summed E-state index contributed by atoms with van der Waals surface area (Å²) >= 11 is 0. The molecule has 2 aromatic rings. The van der Waals surface area contributed by atoms with Gasteiger partial charge in [-0.25, -0.2) is 4.39 Å². The number of benzene rings is 2. The Morgan fingerprint density at radius 2 is 1.55 bits per heavy atom. The summed E-state index contributed by atoms with van der Waals surface area (Å²) in [5.41, 5.74) is 12.1. The predicted octanol–water partition coefficient (Wildman–Crippen LogP) is 4.23. The quantitative estimate of drug-likeness (QED) is 0.884. The molecule has 2 N–H and O–H groups in total. The molecule has 2 rings (SSSR count). The minimum atomic E-state index is -0.197. The van der Waals surface area contributed by atoms with Crippen molar-refractivity contribution in [3.05, 3.63) is 70.0 Å². The summed E-state index contributed by atoms with van der Waals surface area (Å²) < 4.78 is 13.1. The summed E-state index contributed by atoms with van der Waals surface area (Å²) in [7, 11) is 0. The van der Waals surface area contributed by atoms with Crippen LogP contribution >= 0.6 is 0 Å². The summed E-state index contributed by atoms with van der Waals surface area (Å²) in [6.07, 6.45) is 0.871. The third kappa shape index (κ3) is 3.07. The van der Waals surface area contributed by atoms with Crippen molar-refractivity contribution in [2.45, 2.75) is 33.1 Å². The minimum absolute atomic E-state index is 0.197. The lowest BCUT2D eigenvalue weighted by Crippen LogP contribution is -2.11. The van der Waals surface area contributed by atoms with Crippen LogP contribution < -0.4 is 5.73 Å². The molecule has 0 aliphatic heterocycles. The van der Waals surface area contributed by atoms with E-state index in [2.05, 4.69) is 32.9 Å². The van der Waals surface area contributed by atoms with Crippen molar-refractivity contribution < 1.29 is 4.39 Å². The first-order valence-electron chi connectivity index (χ1n) is 7.06. The second-order valence-corrected chi connectivity index (χ2v) is 5.49. The van der Waals surface area contributed by atoms with E-state index in [-0.39, 0.29) is 11.7 Å². The molecule has 0 aliphatic rings. The zero-order valence-electron chi connectivity index (χ0n) is 12.4. The van der Waals surface area contributed by atoms with Gasteiger partial charge in [0.15, 0.2) is 0 Å². The molecule has 0 spiro atoms. The van der Waals surface area contributed by atoms with E-state index in [0.29, 0.717) is 6.54 Å². The van der Waals surface area contributed by atoms with E-state index in [1.165, 1.54) is 34.4 Å². The lowest BCUT2D eigenvalue weighted by molar-refractivity contribution is 0.625. The first-order chi connectivity index (χ1) is 9.52. The molecule has 20 heavy (non-hydrogen) atoms. The monoisotopic (exact) mass is 271 g/mol. The molecular weight excluding hydrogens is 249 g/mol. The molecule has 0 aromatic heterocycles. The molecule has 0 saturated heterocycles. The van der Waals surface area contributed by atoms with E-state index in [1.54, 1.807) is 0 Å². The lowest BCUT2D eigenvalue weighted by Gasteiger charge is -2.22. The Bertz CT molecular complexity index is 564. The third-order valence-corrected chi connectivity index (χ3v) is 3.81. The Balaban J connectivity index is 2.51. The fourth-order valence-electron chi connectivity index (χ4n) is 3.08. The Morgan fingerprint density at radius 1 is 1.00 bits per heavy atom. The summed E-state index contributed by atoms with van der Waals surface area (Å²) in [4.78, 5) is 0. The van der Waals surface area contributed by atoms with Crippen LogP contribution in [0.25, 0.3) is 0 Å². The van der Waals surface area contributed by atoms with Crippen molar-refractivity contribution in [3.63, 3.8) is 0 Å². The summed E-state index contributed by atoms with van der Waals surface area (Å²) in [5, 5.41) is 0. The van der Waals surface area contributed by atoms with Crippen LogP contribution in [-0.4, -0.2) is 6.54 Å². The fourth-order valence-corrected chi connectivity index (χ4v) is 3.08. The van der Waals surface area contributed by atoms with Crippen LogP contribution in [0.15, 0.2) is 36.4 Å². The highest BCUT2D eigenvalue weighted by Crippen LogP contribution is 2.33. The van der Waals surface area contributed by atoms with Gasteiger partial charge in [-0.05, 0) is 68.1 Å². The number of aryl methyl sites for hydroxylation is 3. The van der Waals surface area contributed by atoms with Gasteiger partial charge >= 0.3 is 0 Å². The van der Waals surface area contributed by atoms with Crippen molar-refractivity contribution in [1.29, 1.82) is 0 Å². The average Bonchev–Trinajstić information content (AvgIpc) is 2.37. The molecule has 1 unspecified atom stereocenters. The van der Waals surface area contributed by atoms with Crippen LogP contribution in [0.1, 0.15) is 40.2 Å². The molecule has 1 nitrogen and oxygen atoms in total. The lowest BCUT2D eigenvalue weighted by atomic mass is 9.83. The van der Waals surface area contributed by atoms with Crippen molar-refractivity contribution in [3.8, 4) is 0 Å². The number of hydrogen-bond donors (Lipinski definition) is 1. The van der Waals surface area contributed by atoms with Crippen molar-refractivity contribution in [2.75, 3.05) is 6.54 Å². The Labute approximate surface area is 120 Å². The van der Waals surface area contributed by atoms with Crippen LogP contribution in [0, 0.1) is 26.6 Å². The third-order valence-electron chi connectivity index (χ3n) is 3.81. The molecule has 2 aromatic carbocycles. The second kappa shape index (κ2) is 6.19.